The number of rotatable bonds is 4. The number of carbonyl (C=O) groups is 1. The van der Waals surface area contributed by atoms with Gasteiger partial charge in [-0.3, -0.25) is 4.90 Å². The molecule has 0 amide bonds. The van der Waals surface area contributed by atoms with Gasteiger partial charge in [-0.25, -0.2) is 4.79 Å². The largest absolute Gasteiger partial charge is 0.478 e. The lowest BCUT2D eigenvalue weighted by Crippen LogP contribution is -2.33. The minimum absolute atomic E-state index is 0.258. The predicted molar refractivity (Wildman–Crippen MR) is 40.3 cm³/mol. The van der Waals surface area contributed by atoms with Crippen LogP contribution in [0.4, 0.5) is 13.2 Å². The van der Waals surface area contributed by atoms with Crippen LogP contribution in [0.25, 0.3) is 0 Å². The van der Waals surface area contributed by atoms with Crippen molar-refractivity contribution in [2.75, 3.05) is 20.1 Å². The lowest BCUT2D eigenvalue weighted by Gasteiger charge is -2.17. The average Bonchev–Trinajstić information content (AvgIpc) is 1.81. The Morgan fingerprint density at radius 2 is 2.00 bits per heavy atom. The van der Waals surface area contributed by atoms with Crippen molar-refractivity contribution < 1.29 is 23.1 Å². The summed E-state index contributed by atoms with van der Waals surface area (Å²) in [5, 5.41) is 8.32. The first-order chi connectivity index (χ1) is 5.72. The highest BCUT2D eigenvalue weighted by Crippen LogP contribution is 2.15. The van der Waals surface area contributed by atoms with Gasteiger partial charge in [0.2, 0.25) is 0 Å². The summed E-state index contributed by atoms with van der Waals surface area (Å²) >= 11 is 0. The van der Waals surface area contributed by atoms with Gasteiger partial charge in [-0.05, 0) is 7.05 Å². The number of hydrogen-bond acceptors (Lipinski definition) is 2. The van der Waals surface area contributed by atoms with Crippen LogP contribution in [0.5, 0.6) is 0 Å². The van der Waals surface area contributed by atoms with Gasteiger partial charge < -0.3 is 5.11 Å². The van der Waals surface area contributed by atoms with Gasteiger partial charge in [-0.1, -0.05) is 6.58 Å². The Hall–Kier alpha value is -1.04. The molecule has 0 aliphatic heterocycles. The van der Waals surface area contributed by atoms with Crippen molar-refractivity contribution in [1.29, 1.82) is 0 Å². The van der Waals surface area contributed by atoms with Crippen LogP contribution in [-0.4, -0.2) is 42.3 Å². The normalized spacial score (nSPS) is 11.8. The van der Waals surface area contributed by atoms with Crippen molar-refractivity contribution in [3.05, 3.63) is 12.2 Å². The van der Waals surface area contributed by atoms with Crippen molar-refractivity contribution in [3.8, 4) is 0 Å². The predicted octanol–water partition coefficient (Wildman–Crippen LogP) is 1.12. The molecule has 0 aliphatic carbocycles. The Kier molecular flexibility index (Phi) is 3.93. The fraction of sp³-hybridized carbons (Fsp3) is 0.571. The van der Waals surface area contributed by atoms with E-state index in [1.54, 1.807) is 0 Å². The number of likely N-dealkylation sites (N-methyl/N-ethyl adjacent to an activating group) is 1. The second-order valence-electron chi connectivity index (χ2n) is 2.70. The van der Waals surface area contributed by atoms with E-state index in [0.29, 0.717) is 0 Å². The van der Waals surface area contributed by atoms with Crippen LogP contribution in [0, 0.1) is 0 Å². The molecule has 0 saturated carbocycles. The van der Waals surface area contributed by atoms with Crippen LogP contribution in [-0.2, 0) is 4.79 Å². The number of halogens is 3. The molecule has 0 fully saturated rings. The van der Waals surface area contributed by atoms with E-state index in [9.17, 15) is 18.0 Å². The highest BCUT2D eigenvalue weighted by atomic mass is 19.4. The minimum atomic E-state index is -4.31. The van der Waals surface area contributed by atoms with Gasteiger partial charge in [-0.15, -0.1) is 0 Å². The second kappa shape index (κ2) is 4.27. The molecule has 0 radical (unpaired) electrons. The molecule has 3 nitrogen and oxygen atoms in total. The maximum absolute atomic E-state index is 11.7. The molecule has 0 aromatic heterocycles. The molecule has 0 unspecified atom stereocenters. The molecule has 0 aromatic carbocycles. The van der Waals surface area contributed by atoms with Crippen LogP contribution >= 0.6 is 0 Å². The monoisotopic (exact) mass is 197 g/mol. The smallest absolute Gasteiger partial charge is 0.401 e. The molecule has 6 heteroatoms. The molecule has 76 valence electrons. The van der Waals surface area contributed by atoms with Crippen LogP contribution in [0.3, 0.4) is 0 Å². The van der Waals surface area contributed by atoms with E-state index in [1.807, 2.05) is 0 Å². The Bertz CT molecular complexity index is 212. The quantitative estimate of drug-likeness (QED) is 0.686. The summed E-state index contributed by atoms with van der Waals surface area (Å²) in [6, 6.07) is 0. The van der Waals surface area contributed by atoms with E-state index >= 15 is 0 Å². The van der Waals surface area contributed by atoms with Crippen molar-refractivity contribution in [2.24, 2.45) is 0 Å². The molecule has 0 aromatic rings. The van der Waals surface area contributed by atoms with Crippen molar-refractivity contribution in [2.45, 2.75) is 6.18 Å². The number of alkyl halides is 3. The van der Waals surface area contributed by atoms with Crippen LogP contribution in [0.15, 0.2) is 12.2 Å². The topological polar surface area (TPSA) is 40.5 Å². The molecule has 1 N–H and O–H groups in total. The van der Waals surface area contributed by atoms with E-state index in [0.717, 1.165) is 4.90 Å². The number of aliphatic carboxylic acids is 1. The van der Waals surface area contributed by atoms with Gasteiger partial charge >= 0.3 is 12.1 Å². The first kappa shape index (κ1) is 12.0. The van der Waals surface area contributed by atoms with Crippen LogP contribution in [0.2, 0.25) is 0 Å². The van der Waals surface area contributed by atoms with Gasteiger partial charge in [0, 0.05) is 12.1 Å². The Labute approximate surface area is 73.5 Å². The third-order valence-corrected chi connectivity index (χ3v) is 1.21. The van der Waals surface area contributed by atoms with Gasteiger partial charge in [-0.2, -0.15) is 13.2 Å². The van der Waals surface area contributed by atoms with E-state index in [2.05, 4.69) is 6.58 Å². The fourth-order valence-electron chi connectivity index (χ4n) is 0.755. The third-order valence-electron chi connectivity index (χ3n) is 1.21. The van der Waals surface area contributed by atoms with E-state index < -0.39 is 18.7 Å². The minimum Gasteiger partial charge on any atom is -0.478 e. The maximum Gasteiger partial charge on any atom is 0.401 e. The SMILES string of the molecule is C=C(CN(C)CC(F)(F)F)C(=O)O. The van der Waals surface area contributed by atoms with Crippen LogP contribution < -0.4 is 0 Å². The fourth-order valence-corrected chi connectivity index (χ4v) is 0.755. The second-order valence-corrected chi connectivity index (χ2v) is 2.70. The highest BCUT2D eigenvalue weighted by molar-refractivity contribution is 5.86. The summed E-state index contributed by atoms with van der Waals surface area (Å²) in [5.74, 6) is -1.28. The summed E-state index contributed by atoms with van der Waals surface area (Å²) in [6.45, 7) is 1.68. The number of nitrogens with zero attached hydrogens (tertiary/aromatic N) is 1. The highest BCUT2D eigenvalue weighted by Gasteiger charge is 2.29. The standard InChI is InChI=1S/C7H10F3NO2/c1-5(6(12)13)3-11(2)4-7(8,9)10/h1,3-4H2,2H3,(H,12,13). The Morgan fingerprint density at radius 3 is 2.31 bits per heavy atom. The molecular weight excluding hydrogens is 187 g/mol. The van der Waals surface area contributed by atoms with Gasteiger partial charge in [0.25, 0.3) is 0 Å². The molecule has 13 heavy (non-hydrogen) atoms. The summed E-state index contributed by atoms with van der Waals surface area (Å²) in [5.41, 5.74) is -0.258. The lowest BCUT2D eigenvalue weighted by molar-refractivity contribution is -0.144. The van der Waals surface area contributed by atoms with Crippen molar-refractivity contribution in [1.82, 2.24) is 4.90 Å². The first-order valence-electron chi connectivity index (χ1n) is 3.39. The molecule has 0 rings (SSSR count). The van der Waals surface area contributed by atoms with Gasteiger partial charge in [0.05, 0.1) is 6.54 Å². The zero-order valence-electron chi connectivity index (χ0n) is 7.06. The van der Waals surface area contributed by atoms with Crippen LogP contribution in [0.1, 0.15) is 0 Å². The summed E-state index contributed by atoms with van der Waals surface area (Å²) < 4.78 is 35.2. The number of carboxylic acids is 1. The third kappa shape index (κ3) is 6.15. The zero-order chi connectivity index (χ0) is 10.6. The molecule has 0 bridgehead atoms. The van der Waals surface area contributed by atoms with E-state index in [-0.39, 0.29) is 12.1 Å². The summed E-state index contributed by atoms with van der Waals surface area (Å²) in [6.07, 6.45) is -4.31. The molecule has 0 spiro atoms. The van der Waals surface area contributed by atoms with Crippen molar-refractivity contribution in [3.63, 3.8) is 0 Å². The molecular formula is C7H10F3NO2. The van der Waals surface area contributed by atoms with E-state index in [4.69, 9.17) is 5.11 Å². The summed E-state index contributed by atoms with van der Waals surface area (Å²) in [4.78, 5) is 11.0. The Morgan fingerprint density at radius 1 is 1.54 bits per heavy atom. The average molecular weight is 197 g/mol. The molecule has 0 saturated heterocycles. The first-order valence-corrected chi connectivity index (χ1v) is 3.39. The molecule has 0 aliphatic rings. The van der Waals surface area contributed by atoms with Crippen molar-refractivity contribution >= 4 is 5.97 Å². The molecule has 0 atom stereocenters. The Balaban J connectivity index is 3.95. The molecule has 0 heterocycles. The van der Waals surface area contributed by atoms with E-state index in [1.165, 1.54) is 7.05 Å². The number of hydrogen-bond donors (Lipinski definition) is 1. The maximum atomic E-state index is 11.7. The van der Waals surface area contributed by atoms with Gasteiger partial charge in [0.15, 0.2) is 0 Å². The zero-order valence-corrected chi connectivity index (χ0v) is 7.06. The summed E-state index contributed by atoms with van der Waals surface area (Å²) in [7, 11) is 1.18. The van der Waals surface area contributed by atoms with Gasteiger partial charge in [0.1, 0.15) is 0 Å². The number of carboxylic acid groups (broad SMARTS) is 1. The lowest BCUT2D eigenvalue weighted by atomic mass is 10.3.